The quantitative estimate of drug-likeness (QED) is 0.732. The van der Waals surface area contributed by atoms with Gasteiger partial charge in [0.15, 0.2) is 0 Å². The zero-order chi connectivity index (χ0) is 12.4. The average Bonchev–Trinajstić information content (AvgIpc) is 2.32. The molecule has 1 aromatic rings. The minimum Gasteiger partial charge on any atom is -0.336 e. The van der Waals surface area contributed by atoms with Gasteiger partial charge in [-0.05, 0) is 56.9 Å². The van der Waals surface area contributed by atoms with Crippen molar-refractivity contribution in [2.75, 3.05) is 6.54 Å². The normalized spacial score (nSPS) is 20.4. The molecular weight excluding hydrogens is 217 g/mol. The predicted molar refractivity (Wildman–Crippen MR) is 65.5 cm³/mol. The molecule has 1 fully saturated rings. The molecule has 2 nitrogen and oxygen atoms in total. The van der Waals surface area contributed by atoms with E-state index in [0.29, 0.717) is 17.2 Å². The zero-order valence-corrected chi connectivity index (χ0v) is 10.4. The number of piperidine rings is 1. The highest BCUT2D eigenvalue weighted by molar-refractivity contribution is 5.94. The maximum absolute atomic E-state index is 13.2. The number of benzene rings is 1. The van der Waals surface area contributed by atoms with Gasteiger partial charge in [0.05, 0.1) is 0 Å². The number of carbonyl (C=O) groups is 1. The van der Waals surface area contributed by atoms with Crippen LogP contribution in [0.5, 0.6) is 0 Å². The van der Waals surface area contributed by atoms with Gasteiger partial charge in [-0.3, -0.25) is 4.79 Å². The maximum atomic E-state index is 13.2. The van der Waals surface area contributed by atoms with E-state index in [2.05, 4.69) is 6.92 Å². The predicted octanol–water partition coefficient (Wildman–Crippen LogP) is 3.15. The van der Waals surface area contributed by atoms with Crippen LogP contribution in [0, 0.1) is 12.7 Å². The molecule has 3 heteroatoms. The summed E-state index contributed by atoms with van der Waals surface area (Å²) in [5.74, 6) is -0.228. The van der Waals surface area contributed by atoms with Gasteiger partial charge < -0.3 is 4.90 Å². The van der Waals surface area contributed by atoms with Crippen LogP contribution in [0.25, 0.3) is 0 Å². The summed E-state index contributed by atoms with van der Waals surface area (Å²) in [5, 5.41) is 0. The Hall–Kier alpha value is -1.38. The maximum Gasteiger partial charge on any atom is 0.254 e. The molecule has 1 aliphatic heterocycles. The zero-order valence-electron chi connectivity index (χ0n) is 10.4. The fourth-order valence-corrected chi connectivity index (χ4v) is 2.34. The monoisotopic (exact) mass is 235 g/mol. The van der Waals surface area contributed by atoms with Crippen molar-refractivity contribution in [1.29, 1.82) is 0 Å². The Balaban J connectivity index is 2.21. The van der Waals surface area contributed by atoms with Crippen molar-refractivity contribution in [3.63, 3.8) is 0 Å². The van der Waals surface area contributed by atoms with Crippen molar-refractivity contribution in [2.24, 2.45) is 0 Å². The lowest BCUT2D eigenvalue weighted by Crippen LogP contribution is -2.42. The highest BCUT2D eigenvalue weighted by Gasteiger charge is 2.24. The molecular formula is C14H18FNO. The number of likely N-dealkylation sites (tertiary alicyclic amines) is 1. The van der Waals surface area contributed by atoms with Crippen LogP contribution in [-0.2, 0) is 0 Å². The van der Waals surface area contributed by atoms with E-state index in [1.807, 2.05) is 4.90 Å². The molecule has 0 spiro atoms. The van der Waals surface area contributed by atoms with E-state index in [1.54, 1.807) is 19.1 Å². The number of hydrogen-bond donors (Lipinski definition) is 0. The highest BCUT2D eigenvalue weighted by atomic mass is 19.1. The standard InChI is InChI=1S/C14H18FNO/c1-10-9-12(6-7-13(10)15)14(17)16-8-4-3-5-11(16)2/h6-7,9,11H,3-5,8H2,1-2H3. The van der Waals surface area contributed by atoms with E-state index in [0.717, 1.165) is 19.4 Å². The van der Waals surface area contributed by atoms with E-state index < -0.39 is 0 Å². The van der Waals surface area contributed by atoms with Crippen LogP contribution >= 0.6 is 0 Å². The first-order valence-electron chi connectivity index (χ1n) is 6.16. The van der Waals surface area contributed by atoms with Crippen LogP contribution in [0.4, 0.5) is 4.39 Å². The number of hydrogen-bond acceptors (Lipinski definition) is 1. The molecule has 1 atom stereocenters. The van der Waals surface area contributed by atoms with Crippen LogP contribution in [0.1, 0.15) is 42.1 Å². The number of carbonyl (C=O) groups excluding carboxylic acids is 1. The lowest BCUT2D eigenvalue weighted by molar-refractivity contribution is 0.0635. The van der Waals surface area contributed by atoms with E-state index in [4.69, 9.17) is 0 Å². The molecule has 17 heavy (non-hydrogen) atoms. The van der Waals surface area contributed by atoms with Gasteiger partial charge in [0.25, 0.3) is 5.91 Å². The largest absolute Gasteiger partial charge is 0.336 e. The van der Waals surface area contributed by atoms with Gasteiger partial charge in [-0.25, -0.2) is 4.39 Å². The third-order valence-electron chi connectivity index (χ3n) is 3.47. The molecule has 1 heterocycles. The summed E-state index contributed by atoms with van der Waals surface area (Å²) in [5.41, 5.74) is 1.12. The first kappa shape index (κ1) is 12.1. The summed E-state index contributed by atoms with van der Waals surface area (Å²) in [7, 11) is 0. The Kier molecular flexibility index (Phi) is 3.46. The molecule has 1 aromatic carbocycles. The molecule has 0 radical (unpaired) electrons. The smallest absolute Gasteiger partial charge is 0.254 e. The van der Waals surface area contributed by atoms with Crippen LogP contribution in [0.15, 0.2) is 18.2 Å². The summed E-state index contributed by atoms with van der Waals surface area (Å²) in [6.07, 6.45) is 3.32. The minimum atomic E-state index is -0.256. The first-order valence-corrected chi connectivity index (χ1v) is 6.16. The molecule has 2 rings (SSSR count). The Morgan fingerprint density at radius 3 is 2.82 bits per heavy atom. The first-order chi connectivity index (χ1) is 8.09. The van der Waals surface area contributed by atoms with Crippen molar-refractivity contribution >= 4 is 5.91 Å². The molecule has 1 amide bonds. The minimum absolute atomic E-state index is 0.0281. The number of halogens is 1. The van der Waals surface area contributed by atoms with Gasteiger partial charge in [0.1, 0.15) is 5.82 Å². The molecule has 0 saturated carbocycles. The summed E-state index contributed by atoms with van der Waals surface area (Å²) >= 11 is 0. The Morgan fingerprint density at radius 1 is 1.41 bits per heavy atom. The van der Waals surface area contributed by atoms with Crippen molar-refractivity contribution in [1.82, 2.24) is 4.90 Å². The second-order valence-corrected chi connectivity index (χ2v) is 4.81. The number of amides is 1. The molecule has 1 saturated heterocycles. The molecule has 1 unspecified atom stereocenters. The average molecular weight is 235 g/mol. The second-order valence-electron chi connectivity index (χ2n) is 4.81. The summed E-state index contributed by atoms with van der Waals surface area (Å²) < 4.78 is 13.2. The molecule has 0 aromatic heterocycles. The molecule has 0 bridgehead atoms. The van der Waals surface area contributed by atoms with Gasteiger partial charge in [-0.15, -0.1) is 0 Å². The van der Waals surface area contributed by atoms with Crippen molar-refractivity contribution in [3.8, 4) is 0 Å². The molecule has 0 N–H and O–H groups in total. The fraction of sp³-hybridized carbons (Fsp3) is 0.500. The van der Waals surface area contributed by atoms with Crippen LogP contribution in [-0.4, -0.2) is 23.4 Å². The van der Waals surface area contributed by atoms with Crippen LogP contribution in [0.3, 0.4) is 0 Å². The highest BCUT2D eigenvalue weighted by Crippen LogP contribution is 2.20. The topological polar surface area (TPSA) is 20.3 Å². The Labute approximate surface area is 101 Å². The van der Waals surface area contributed by atoms with E-state index in [1.165, 1.54) is 12.5 Å². The SMILES string of the molecule is Cc1cc(C(=O)N2CCCCC2C)ccc1F. The third kappa shape index (κ3) is 2.48. The van der Waals surface area contributed by atoms with E-state index in [9.17, 15) is 9.18 Å². The van der Waals surface area contributed by atoms with Gasteiger partial charge in [-0.2, -0.15) is 0 Å². The van der Waals surface area contributed by atoms with E-state index >= 15 is 0 Å². The van der Waals surface area contributed by atoms with Crippen molar-refractivity contribution in [3.05, 3.63) is 35.1 Å². The number of nitrogens with zero attached hydrogens (tertiary/aromatic N) is 1. The van der Waals surface area contributed by atoms with Crippen molar-refractivity contribution < 1.29 is 9.18 Å². The Bertz CT molecular complexity index is 430. The van der Waals surface area contributed by atoms with E-state index in [-0.39, 0.29) is 11.7 Å². The van der Waals surface area contributed by atoms with Gasteiger partial charge >= 0.3 is 0 Å². The van der Waals surface area contributed by atoms with Gasteiger partial charge in [-0.1, -0.05) is 0 Å². The lowest BCUT2D eigenvalue weighted by Gasteiger charge is -2.33. The fourth-order valence-electron chi connectivity index (χ4n) is 2.34. The van der Waals surface area contributed by atoms with Gasteiger partial charge in [0.2, 0.25) is 0 Å². The lowest BCUT2D eigenvalue weighted by atomic mass is 10.0. The van der Waals surface area contributed by atoms with Crippen molar-refractivity contribution in [2.45, 2.75) is 39.2 Å². The molecule has 92 valence electrons. The summed E-state index contributed by atoms with van der Waals surface area (Å²) in [4.78, 5) is 14.2. The number of rotatable bonds is 1. The molecule has 0 aliphatic carbocycles. The van der Waals surface area contributed by atoms with Gasteiger partial charge in [0, 0.05) is 18.2 Å². The third-order valence-corrected chi connectivity index (χ3v) is 3.47. The summed E-state index contributed by atoms with van der Waals surface area (Å²) in [6.45, 7) is 4.58. The van der Waals surface area contributed by atoms with Crippen LogP contribution < -0.4 is 0 Å². The Morgan fingerprint density at radius 2 is 2.18 bits per heavy atom. The number of aryl methyl sites for hydroxylation is 1. The second kappa shape index (κ2) is 4.86. The van der Waals surface area contributed by atoms with Crippen LogP contribution in [0.2, 0.25) is 0 Å². The summed E-state index contributed by atoms with van der Waals surface area (Å²) in [6, 6.07) is 4.88. The molecule has 1 aliphatic rings.